The summed E-state index contributed by atoms with van der Waals surface area (Å²) in [4.78, 5) is 12.9. The molecule has 1 atom stereocenters. The van der Waals surface area contributed by atoms with Crippen LogP contribution in [-0.2, 0) is 27.9 Å². The van der Waals surface area contributed by atoms with E-state index in [2.05, 4.69) is 10.4 Å². The Bertz CT molecular complexity index is 1150. The summed E-state index contributed by atoms with van der Waals surface area (Å²) in [6.45, 7) is 1.69. The number of rotatable bonds is 7. The van der Waals surface area contributed by atoms with Crippen LogP contribution in [0, 0.1) is 5.92 Å². The van der Waals surface area contributed by atoms with E-state index in [0.29, 0.717) is 37.5 Å². The lowest BCUT2D eigenvalue weighted by Gasteiger charge is -2.31. The summed E-state index contributed by atoms with van der Waals surface area (Å²) in [7, 11) is -3.65. The van der Waals surface area contributed by atoms with Crippen molar-refractivity contribution in [1.82, 2.24) is 19.4 Å². The monoisotopic (exact) mass is 472 g/mol. The minimum atomic E-state index is -3.65. The van der Waals surface area contributed by atoms with Crippen molar-refractivity contribution in [2.75, 3.05) is 13.1 Å². The predicted octanol–water partition coefficient (Wildman–Crippen LogP) is 3.30. The molecule has 32 heavy (non-hydrogen) atoms. The van der Waals surface area contributed by atoms with Gasteiger partial charge in [-0.05, 0) is 54.3 Å². The average molecular weight is 473 g/mol. The largest absolute Gasteiger partial charge is 0.352 e. The quantitative estimate of drug-likeness (QED) is 0.571. The van der Waals surface area contributed by atoms with Crippen molar-refractivity contribution < 1.29 is 13.2 Å². The van der Waals surface area contributed by atoms with E-state index < -0.39 is 10.0 Å². The normalized spacial score (nSPS) is 17.2. The van der Waals surface area contributed by atoms with Crippen molar-refractivity contribution in [2.24, 2.45) is 5.92 Å². The first-order valence-electron chi connectivity index (χ1n) is 10.5. The zero-order valence-corrected chi connectivity index (χ0v) is 19.1. The smallest absolute Gasteiger partial charge is 0.243 e. The standard InChI is InChI=1S/C23H25ClN4O3S/c24-21-8-10-22(11-9-21)32(30,31)28-14-1-3-20(17-28)23(29)25-15-18-4-6-19(7-5-18)16-27-13-2-12-26-27/h2,4-13,20H,1,3,14-17H2,(H,25,29). The van der Waals surface area contributed by atoms with Crippen molar-refractivity contribution in [3.05, 3.63) is 83.1 Å². The Morgan fingerprint density at radius 2 is 1.81 bits per heavy atom. The highest BCUT2D eigenvalue weighted by molar-refractivity contribution is 7.89. The van der Waals surface area contributed by atoms with Crippen LogP contribution < -0.4 is 5.32 Å². The molecule has 0 spiro atoms. The molecule has 0 bridgehead atoms. The van der Waals surface area contributed by atoms with Crippen molar-refractivity contribution >= 4 is 27.5 Å². The Morgan fingerprint density at radius 1 is 1.09 bits per heavy atom. The van der Waals surface area contributed by atoms with Gasteiger partial charge in [0.2, 0.25) is 15.9 Å². The van der Waals surface area contributed by atoms with Gasteiger partial charge in [-0.15, -0.1) is 0 Å². The molecule has 1 saturated heterocycles. The zero-order chi connectivity index (χ0) is 22.6. The number of benzene rings is 2. The van der Waals surface area contributed by atoms with Crippen LogP contribution in [0.1, 0.15) is 24.0 Å². The summed E-state index contributed by atoms with van der Waals surface area (Å²) in [6.07, 6.45) is 4.97. The fourth-order valence-corrected chi connectivity index (χ4v) is 5.46. The maximum atomic E-state index is 12.9. The maximum absolute atomic E-state index is 12.9. The van der Waals surface area contributed by atoms with E-state index in [1.54, 1.807) is 18.3 Å². The first kappa shape index (κ1) is 22.5. The Hall–Kier alpha value is -2.68. The number of sulfonamides is 1. The molecule has 1 fully saturated rings. The van der Waals surface area contributed by atoms with Gasteiger partial charge in [0, 0.05) is 37.1 Å². The van der Waals surface area contributed by atoms with E-state index in [0.717, 1.165) is 11.1 Å². The first-order chi connectivity index (χ1) is 15.4. The number of halogens is 1. The lowest BCUT2D eigenvalue weighted by molar-refractivity contribution is -0.126. The predicted molar refractivity (Wildman–Crippen MR) is 123 cm³/mol. The Morgan fingerprint density at radius 3 is 2.50 bits per heavy atom. The summed E-state index contributed by atoms with van der Waals surface area (Å²) in [6, 6.07) is 16.0. The molecule has 9 heteroatoms. The number of aromatic nitrogens is 2. The van der Waals surface area contributed by atoms with Crippen LogP contribution in [0.4, 0.5) is 0 Å². The lowest BCUT2D eigenvalue weighted by atomic mass is 9.98. The molecule has 7 nitrogen and oxygen atoms in total. The minimum absolute atomic E-state index is 0.123. The third kappa shape index (κ3) is 5.38. The molecule has 1 aromatic heterocycles. The highest BCUT2D eigenvalue weighted by Gasteiger charge is 2.33. The van der Waals surface area contributed by atoms with Gasteiger partial charge in [0.1, 0.15) is 0 Å². The van der Waals surface area contributed by atoms with Crippen molar-refractivity contribution in [3.8, 4) is 0 Å². The number of nitrogens with zero attached hydrogens (tertiary/aromatic N) is 3. The second-order valence-corrected chi connectivity index (χ2v) is 10.3. The van der Waals surface area contributed by atoms with Gasteiger partial charge in [0.15, 0.2) is 0 Å². The summed E-state index contributed by atoms with van der Waals surface area (Å²) in [5, 5.41) is 7.64. The number of carbonyl (C=O) groups is 1. The fraction of sp³-hybridized carbons (Fsp3) is 0.304. The molecular formula is C23H25ClN4O3S. The molecular weight excluding hydrogens is 448 g/mol. The van der Waals surface area contributed by atoms with Crippen LogP contribution in [0.3, 0.4) is 0 Å². The van der Waals surface area contributed by atoms with E-state index in [9.17, 15) is 13.2 Å². The van der Waals surface area contributed by atoms with Crippen LogP contribution in [0.25, 0.3) is 0 Å². The van der Waals surface area contributed by atoms with E-state index in [1.807, 2.05) is 41.2 Å². The van der Waals surface area contributed by atoms with E-state index in [1.165, 1.54) is 16.4 Å². The lowest BCUT2D eigenvalue weighted by Crippen LogP contribution is -2.45. The molecule has 1 N–H and O–H groups in total. The molecule has 3 aromatic rings. The molecule has 2 aromatic carbocycles. The molecule has 0 radical (unpaired) electrons. The second kappa shape index (κ2) is 9.85. The molecule has 1 unspecified atom stereocenters. The van der Waals surface area contributed by atoms with Gasteiger partial charge >= 0.3 is 0 Å². The van der Waals surface area contributed by atoms with E-state index in [4.69, 9.17) is 11.6 Å². The second-order valence-electron chi connectivity index (χ2n) is 7.89. The summed E-state index contributed by atoms with van der Waals surface area (Å²) >= 11 is 5.87. The SMILES string of the molecule is O=C(NCc1ccc(Cn2cccn2)cc1)C1CCCN(S(=O)(=O)c2ccc(Cl)cc2)C1. The minimum Gasteiger partial charge on any atom is -0.352 e. The molecule has 1 aliphatic heterocycles. The number of hydrogen-bond donors (Lipinski definition) is 1. The molecule has 168 valence electrons. The van der Waals surface area contributed by atoms with Crippen LogP contribution in [-0.4, -0.2) is 41.5 Å². The molecule has 1 amide bonds. The van der Waals surface area contributed by atoms with Crippen molar-refractivity contribution in [3.63, 3.8) is 0 Å². The van der Waals surface area contributed by atoms with Crippen LogP contribution in [0.15, 0.2) is 71.9 Å². The first-order valence-corrected chi connectivity index (χ1v) is 12.3. The van der Waals surface area contributed by atoms with Crippen LogP contribution >= 0.6 is 11.6 Å². The van der Waals surface area contributed by atoms with Crippen molar-refractivity contribution in [2.45, 2.75) is 30.8 Å². The van der Waals surface area contributed by atoms with Gasteiger partial charge in [-0.25, -0.2) is 8.42 Å². The summed E-state index contributed by atoms with van der Waals surface area (Å²) in [5.41, 5.74) is 2.11. The number of carbonyl (C=O) groups excluding carboxylic acids is 1. The Kier molecular flexibility index (Phi) is 6.93. The molecule has 2 heterocycles. The average Bonchev–Trinajstić information content (AvgIpc) is 3.32. The molecule has 0 saturated carbocycles. The highest BCUT2D eigenvalue weighted by Crippen LogP contribution is 2.25. The highest BCUT2D eigenvalue weighted by atomic mass is 35.5. The van der Waals surface area contributed by atoms with E-state index >= 15 is 0 Å². The van der Waals surface area contributed by atoms with Crippen molar-refractivity contribution in [1.29, 1.82) is 0 Å². The number of hydrogen-bond acceptors (Lipinski definition) is 4. The maximum Gasteiger partial charge on any atom is 0.243 e. The fourth-order valence-electron chi connectivity index (χ4n) is 3.81. The third-order valence-corrected chi connectivity index (χ3v) is 7.73. The Balaban J connectivity index is 1.33. The zero-order valence-electron chi connectivity index (χ0n) is 17.5. The third-order valence-electron chi connectivity index (χ3n) is 5.60. The number of nitrogens with one attached hydrogen (secondary N) is 1. The van der Waals surface area contributed by atoms with Crippen LogP contribution in [0.2, 0.25) is 5.02 Å². The summed E-state index contributed by atoms with van der Waals surface area (Å²) in [5.74, 6) is -0.494. The molecule has 1 aliphatic rings. The molecule has 0 aliphatic carbocycles. The van der Waals surface area contributed by atoms with Gasteiger partial charge in [-0.1, -0.05) is 35.9 Å². The summed E-state index contributed by atoms with van der Waals surface area (Å²) < 4.78 is 29.1. The topological polar surface area (TPSA) is 84.3 Å². The van der Waals surface area contributed by atoms with Gasteiger partial charge in [0.25, 0.3) is 0 Å². The number of amides is 1. The Labute approximate surface area is 193 Å². The van der Waals surface area contributed by atoms with Gasteiger partial charge < -0.3 is 5.32 Å². The molecule has 4 rings (SSSR count). The van der Waals surface area contributed by atoms with Gasteiger partial charge in [0.05, 0.1) is 17.4 Å². The number of piperidine rings is 1. The van der Waals surface area contributed by atoms with Crippen LogP contribution in [0.5, 0.6) is 0 Å². The van der Waals surface area contributed by atoms with E-state index in [-0.39, 0.29) is 23.3 Å². The van der Waals surface area contributed by atoms with Gasteiger partial charge in [-0.2, -0.15) is 9.40 Å². The van der Waals surface area contributed by atoms with Gasteiger partial charge in [-0.3, -0.25) is 9.48 Å².